The predicted molar refractivity (Wildman–Crippen MR) is 129 cm³/mol. The second-order valence-corrected chi connectivity index (χ2v) is 9.01. The fourth-order valence-electron chi connectivity index (χ4n) is 4.95. The number of nitrogens with zero attached hydrogens (tertiary/aromatic N) is 6. The van der Waals surface area contributed by atoms with Crippen molar-refractivity contribution in [1.29, 1.82) is 0 Å². The Balaban J connectivity index is 1.37. The summed E-state index contributed by atoms with van der Waals surface area (Å²) in [7, 11) is 3.33. The number of fused-ring (bicyclic) bond motifs is 2. The summed E-state index contributed by atoms with van der Waals surface area (Å²) < 4.78 is 40.1. The van der Waals surface area contributed by atoms with Crippen LogP contribution in [0, 0.1) is 0 Å². The SMILES string of the molecule is COCCN1CCC(Nc2nc(OC)c3c(C4=Cc5c(ncn5CC(F)F)CC4)ccn3n2)CC1. The van der Waals surface area contributed by atoms with Crippen molar-refractivity contribution >= 4 is 23.1 Å². The molecule has 0 aromatic carbocycles. The van der Waals surface area contributed by atoms with Crippen molar-refractivity contribution < 1.29 is 18.3 Å². The number of piperidine rings is 1. The van der Waals surface area contributed by atoms with Crippen LogP contribution < -0.4 is 10.1 Å². The zero-order valence-corrected chi connectivity index (χ0v) is 20.1. The van der Waals surface area contributed by atoms with E-state index in [1.807, 2.05) is 18.3 Å². The van der Waals surface area contributed by atoms with Crippen molar-refractivity contribution in [2.75, 3.05) is 45.8 Å². The quantitative estimate of drug-likeness (QED) is 0.496. The van der Waals surface area contributed by atoms with E-state index in [9.17, 15) is 8.78 Å². The van der Waals surface area contributed by atoms with E-state index >= 15 is 0 Å². The van der Waals surface area contributed by atoms with Crippen molar-refractivity contribution in [3.8, 4) is 5.88 Å². The van der Waals surface area contributed by atoms with Gasteiger partial charge in [0.1, 0.15) is 5.52 Å². The zero-order chi connectivity index (χ0) is 24.4. The van der Waals surface area contributed by atoms with Crippen LogP contribution in [0.1, 0.15) is 36.2 Å². The molecule has 0 radical (unpaired) electrons. The molecule has 35 heavy (non-hydrogen) atoms. The number of halogens is 2. The van der Waals surface area contributed by atoms with Crippen LogP contribution in [0.15, 0.2) is 18.6 Å². The summed E-state index contributed by atoms with van der Waals surface area (Å²) >= 11 is 0. The molecule has 1 aliphatic heterocycles. The third-order valence-corrected chi connectivity index (χ3v) is 6.79. The molecule has 9 nitrogen and oxygen atoms in total. The molecule has 4 heterocycles. The number of aryl methyl sites for hydroxylation is 1. The Morgan fingerprint density at radius 1 is 1.20 bits per heavy atom. The minimum atomic E-state index is -2.43. The van der Waals surface area contributed by atoms with Crippen molar-refractivity contribution in [2.24, 2.45) is 0 Å². The number of methoxy groups -OCH3 is 2. The first kappa shape index (κ1) is 23.7. The average Bonchev–Trinajstić information content (AvgIpc) is 3.46. The molecular formula is C24H31F2N7O2. The van der Waals surface area contributed by atoms with Crippen LogP contribution in [-0.4, -0.2) is 82.0 Å². The van der Waals surface area contributed by atoms with Crippen LogP contribution in [0.4, 0.5) is 14.7 Å². The van der Waals surface area contributed by atoms with Gasteiger partial charge in [-0.3, -0.25) is 0 Å². The summed E-state index contributed by atoms with van der Waals surface area (Å²) in [6.45, 7) is 3.34. The lowest BCUT2D eigenvalue weighted by Gasteiger charge is -2.32. The lowest BCUT2D eigenvalue weighted by molar-refractivity contribution is 0.126. The van der Waals surface area contributed by atoms with Gasteiger partial charge < -0.3 is 24.3 Å². The van der Waals surface area contributed by atoms with Crippen molar-refractivity contribution in [3.63, 3.8) is 0 Å². The van der Waals surface area contributed by atoms with E-state index in [-0.39, 0.29) is 6.54 Å². The number of nitrogens with one attached hydrogen (secondary N) is 1. The third kappa shape index (κ3) is 5.01. The first-order valence-corrected chi connectivity index (χ1v) is 12.0. The van der Waals surface area contributed by atoms with Gasteiger partial charge in [-0.1, -0.05) is 0 Å². The Kier molecular flexibility index (Phi) is 6.96. The molecule has 1 fully saturated rings. The number of imidazole rings is 1. The molecular weight excluding hydrogens is 456 g/mol. The number of ether oxygens (including phenoxy) is 2. The molecule has 188 valence electrons. The number of alkyl halides is 2. The summed E-state index contributed by atoms with van der Waals surface area (Å²) in [5.41, 5.74) is 4.32. The molecule has 0 amide bonds. The maximum atomic E-state index is 13.0. The van der Waals surface area contributed by atoms with Crippen LogP contribution in [-0.2, 0) is 17.7 Å². The summed E-state index contributed by atoms with van der Waals surface area (Å²) in [5.74, 6) is 1.01. The van der Waals surface area contributed by atoms with Crippen molar-refractivity contribution in [2.45, 2.75) is 44.7 Å². The molecule has 1 aliphatic carbocycles. The Bertz CT molecular complexity index is 1200. The standard InChI is InChI=1S/C24H31F2N7O2/c1-34-12-11-31-8-5-17(6-9-31)28-24-29-23(35-2)22-18(7-10-33(22)30-24)16-3-4-19-20(13-16)32(15-27-19)14-21(25)26/h7,10,13,15,17,21H,3-6,8-9,11-12,14H2,1-2H3,(H,28,30). The van der Waals surface area contributed by atoms with Gasteiger partial charge in [0.2, 0.25) is 11.8 Å². The largest absolute Gasteiger partial charge is 0.479 e. The van der Waals surface area contributed by atoms with E-state index in [0.29, 0.717) is 24.3 Å². The molecule has 0 atom stereocenters. The fourth-order valence-corrected chi connectivity index (χ4v) is 4.95. The molecule has 1 N–H and O–H groups in total. The van der Waals surface area contributed by atoms with Gasteiger partial charge in [0.25, 0.3) is 6.43 Å². The molecule has 2 aliphatic rings. The second-order valence-electron chi connectivity index (χ2n) is 9.01. The van der Waals surface area contributed by atoms with Gasteiger partial charge in [0.05, 0.1) is 38.0 Å². The van der Waals surface area contributed by atoms with Crippen LogP contribution in [0.2, 0.25) is 0 Å². The number of likely N-dealkylation sites (tertiary alicyclic amines) is 1. The van der Waals surface area contributed by atoms with Gasteiger partial charge in [-0.05, 0) is 43.4 Å². The average molecular weight is 488 g/mol. The van der Waals surface area contributed by atoms with E-state index < -0.39 is 6.43 Å². The Hall–Kier alpha value is -3.05. The molecule has 5 rings (SSSR count). The Morgan fingerprint density at radius 2 is 2.03 bits per heavy atom. The molecule has 3 aromatic rings. The maximum absolute atomic E-state index is 13.0. The highest BCUT2D eigenvalue weighted by molar-refractivity contribution is 5.91. The summed E-state index contributed by atoms with van der Waals surface area (Å²) in [6, 6.07) is 2.27. The van der Waals surface area contributed by atoms with E-state index in [0.717, 1.165) is 73.5 Å². The number of hydrogen-bond donors (Lipinski definition) is 1. The number of hydrogen-bond acceptors (Lipinski definition) is 7. The lowest BCUT2D eigenvalue weighted by atomic mass is 9.94. The van der Waals surface area contributed by atoms with E-state index in [4.69, 9.17) is 14.6 Å². The highest BCUT2D eigenvalue weighted by Gasteiger charge is 2.24. The predicted octanol–water partition coefficient (Wildman–Crippen LogP) is 3.21. The van der Waals surface area contributed by atoms with Gasteiger partial charge in [0.15, 0.2) is 0 Å². The van der Waals surface area contributed by atoms with Gasteiger partial charge >= 0.3 is 0 Å². The highest BCUT2D eigenvalue weighted by Crippen LogP contribution is 2.35. The molecule has 11 heteroatoms. The van der Waals surface area contributed by atoms with Crippen molar-refractivity contribution in [3.05, 3.63) is 35.5 Å². The lowest BCUT2D eigenvalue weighted by Crippen LogP contribution is -2.40. The maximum Gasteiger partial charge on any atom is 0.256 e. The topological polar surface area (TPSA) is 81.7 Å². The molecule has 0 spiro atoms. The van der Waals surface area contributed by atoms with Gasteiger partial charge in [0, 0.05) is 44.5 Å². The number of allylic oxidation sites excluding steroid dienone is 1. The minimum Gasteiger partial charge on any atom is -0.479 e. The third-order valence-electron chi connectivity index (χ3n) is 6.79. The minimum absolute atomic E-state index is 0.292. The fraction of sp³-hybridized carbons (Fsp3) is 0.542. The Morgan fingerprint density at radius 3 is 2.77 bits per heavy atom. The number of rotatable bonds is 9. The van der Waals surface area contributed by atoms with Crippen LogP contribution in [0.5, 0.6) is 5.88 Å². The number of aromatic nitrogens is 5. The first-order valence-electron chi connectivity index (χ1n) is 12.0. The molecule has 0 unspecified atom stereocenters. The van der Waals surface area contributed by atoms with Gasteiger partial charge in [-0.25, -0.2) is 18.3 Å². The summed E-state index contributed by atoms with van der Waals surface area (Å²) in [5, 5.41) is 8.16. The molecule has 0 bridgehead atoms. The van der Waals surface area contributed by atoms with E-state index in [1.54, 1.807) is 18.7 Å². The van der Waals surface area contributed by atoms with Crippen LogP contribution >= 0.6 is 0 Å². The molecule has 1 saturated heterocycles. The number of anilines is 1. The smallest absolute Gasteiger partial charge is 0.256 e. The highest BCUT2D eigenvalue weighted by atomic mass is 19.3. The Labute approximate surface area is 202 Å². The van der Waals surface area contributed by atoms with Gasteiger partial charge in [-0.2, -0.15) is 4.98 Å². The zero-order valence-electron chi connectivity index (χ0n) is 20.1. The second kappa shape index (κ2) is 10.3. The summed E-state index contributed by atoms with van der Waals surface area (Å²) in [6.07, 6.45) is 6.37. The monoisotopic (exact) mass is 487 g/mol. The normalized spacial score (nSPS) is 17.1. The summed E-state index contributed by atoms with van der Waals surface area (Å²) in [4.78, 5) is 11.4. The first-order chi connectivity index (χ1) is 17.1. The van der Waals surface area contributed by atoms with Crippen LogP contribution in [0.25, 0.3) is 17.2 Å². The van der Waals surface area contributed by atoms with Crippen molar-refractivity contribution in [1.82, 2.24) is 29.0 Å². The molecule has 3 aromatic heterocycles. The van der Waals surface area contributed by atoms with E-state index in [2.05, 4.69) is 20.2 Å². The molecule has 0 saturated carbocycles. The van der Waals surface area contributed by atoms with Crippen LogP contribution in [0.3, 0.4) is 0 Å². The van der Waals surface area contributed by atoms with Gasteiger partial charge in [-0.15, -0.1) is 5.10 Å². The van der Waals surface area contributed by atoms with E-state index in [1.165, 1.54) is 10.9 Å².